The first-order valence-corrected chi connectivity index (χ1v) is 8.87. The van der Waals surface area contributed by atoms with Crippen LogP contribution in [0.5, 0.6) is 5.75 Å². The molecule has 0 fully saturated rings. The first-order chi connectivity index (χ1) is 12.8. The molecule has 0 unspecified atom stereocenters. The molecule has 0 spiro atoms. The van der Waals surface area contributed by atoms with Crippen molar-refractivity contribution >= 4 is 33.5 Å². The molecular weight excluding hydrogens is 388 g/mol. The monoisotopic (exact) mass is 404 g/mol. The number of halogens is 1. The van der Waals surface area contributed by atoms with Crippen LogP contribution in [0.2, 0.25) is 0 Å². The van der Waals surface area contributed by atoms with Gasteiger partial charge in [0.25, 0.3) is 0 Å². The second-order valence-corrected chi connectivity index (χ2v) is 6.32. The van der Waals surface area contributed by atoms with Gasteiger partial charge in [-0.3, -0.25) is 0 Å². The lowest BCUT2D eigenvalue weighted by atomic mass is 10.2. The van der Waals surface area contributed by atoms with Gasteiger partial charge >= 0.3 is 0 Å². The van der Waals surface area contributed by atoms with Crippen LogP contribution in [-0.2, 0) is 0 Å². The molecule has 26 heavy (non-hydrogen) atoms. The number of hydrazone groups is 1. The van der Waals surface area contributed by atoms with Crippen molar-refractivity contribution in [3.8, 4) is 18.1 Å². The van der Waals surface area contributed by atoms with E-state index in [1.165, 1.54) is 0 Å². The number of rotatable bonds is 6. The molecule has 0 saturated heterocycles. The number of para-hydroxylation sites is 2. The Morgan fingerprint density at radius 2 is 1.58 bits per heavy atom. The maximum absolute atomic E-state index is 5.62. The van der Waals surface area contributed by atoms with E-state index in [0.29, 0.717) is 5.75 Å². The third-order valence-electron chi connectivity index (χ3n) is 3.60. The molecule has 0 amide bonds. The maximum Gasteiger partial charge on any atom is 0.148 e. The van der Waals surface area contributed by atoms with E-state index in [-0.39, 0.29) is 6.61 Å². The predicted octanol–water partition coefficient (Wildman–Crippen LogP) is 5.63. The highest BCUT2D eigenvalue weighted by atomic mass is 79.9. The molecule has 0 aliphatic heterocycles. The van der Waals surface area contributed by atoms with Crippen LogP contribution in [0.4, 0.5) is 11.4 Å². The molecule has 3 aromatic rings. The lowest BCUT2D eigenvalue weighted by molar-refractivity contribution is 0.370. The molecule has 4 heteroatoms. The fraction of sp³-hybridized carbons (Fsp3) is 0.0455. The van der Waals surface area contributed by atoms with Gasteiger partial charge in [0.2, 0.25) is 0 Å². The van der Waals surface area contributed by atoms with E-state index in [1.54, 1.807) is 6.21 Å². The minimum Gasteiger partial charge on any atom is -0.480 e. The first kappa shape index (κ1) is 17.8. The summed E-state index contributed by atoms with van der Waals surface area (Å²) in [6.45, 7) is 0.212. The fourth-order valence-corrected chi connectivity index (χ4v) is 2.79. The van der Waals surface area contributed by atoms with Crippen molar-refractivity contribution in [2.75, 3.05) is 11.6 Å². The molecule has 0 radical (unpaired) electrons. The van der Waals surface area contributed by atoms with Crippen molar-refractivity contribution in [1.29, 1.82) is 0 Å². The molecule has 3 aromatic carbocycles. The van der Waals surface area contributed by atoms with Gasteiger partial charge in [-0.05, 0) is 42.5 Å². The van der Waals surface area contributed by atoms with E-state index < -0.39 is 0 Å². The van der Waals surface area contributed by atoms with Gasteiger partial charge in [0, 0.05) is 10.0 Å². The molecule has 0 atom stereocenters. The van der Waals surface area contributed by atoms with Crippen molar-refractivity contribution in [3.63, 3.8) is 0 Å². The molecule has 0 aliphatic carbocycles. The Kier molecular flexibility index (Phi) is 6.08. The number of terminal acetylenes is 1. The third kappa shape index (κ3) is 4.53. The van der Waals surface area contributed by atoms with E-state index in [2.05, 4.69) is 21.9 Å². The quantitative estimate of drug-likeness (QED) is 0.302. The average molecular weight is 405 g/mol. The standard InChI is InChI=1S/C22H17BrN2O/c1-2-15-26-22-14-13-19(23)16-18(22)17-24-25(20-9-5-3-6-10-20)21-11-7-4-8-12-21/h1,3-14,16-17H,15H2/b24-17-. The lowest BCUT2D eigenvalue weighted by Gasteiger charge is -2.19. The summed E-state index contributed by atoms with van der Waals surface area (Å²) in [6.07, 6.45) is 7.08. The summed E-state index contributed by atoms with van der Waals surface area (Å²) in [4.78, 5) is 0. The number of hydrogen-bond acceptors (Lipinski definition) is 3. The van der Waals surface area contributed by atoms with Gasteiger partial charge in [0.15, 0.2) is 0 Å². The van der Waals surface area contributed by atoms with Crippen molar-refractivity contribution < 1.29 is 4.74 Å². The van der Waals surface area contributed by atoms with Gasteiger partial charge in [-0.15, -0.1) is 6.42 Å². The van der Waals surface area contributed by atoms with Crippen LogP contribution in [0, 0.1) is 12.3 Å². The van der Waals surface area contributed by atoms with Gasteiger partial charge in [0.05, 0.1) is 17.6 Å². The molecule has 0 saturated carbocycles. The SMILES string of the molecule is C#CCOc1ccc(Br)cc1/C=N\N(c1ccccc1)c1ccccc1. The molecular formula is C22H17BrN2O. The molecule has 3 nitrogen and oxygen atoms in total. The first-order valence-electron chi connectivity index (χ1n) is 8.08. The second kappa shape index (κ2) is 8.89. The van der Waals surface area contributed by atoms with E-state index >= 15 is 0 Å². The lowest BCUT2D eigenvalue weighted by Crippen LogP contribution is -2.09. The zero-order chi connectivity index (χ0) is 18.2. The van der Waals surface area contributed by atoms with Crippen LogP contribution in [-0.4, -0.2) is 12.8 Å². The Bertz CT molecular complexity index is 878. The Balaban J connectivity index is 1.97. The number of nitrogens with zero attached hydrogens (tertiary/aromatic N) is 2. The Hall–Kier alpha value is -3.03. The van der Waals surface area contributed by atoms with Gasteiger partial charge in [-0.2, -0.15) is 5.10 Å². The molecule has 0 bridgehead atoms. The largest absolute Gasteiger partial charge is 0.480 e. The van der Waals surface area contributed by atoms with Crippen LogP contribution < -0.4 is 9.75 Å². The van der Waals surface area contributed by atoms with Crippen molar-refractivity contribution in [3.05, 3.63) is 88.9 Å². The molecule has 0 N–H and O–H groups in total. The minimum atomic E-state index is 0.212. The molecule has 0 heterocycles. The summed E-state index contributed by atoms with van der Waals surface area (Å²) >= 11 is 3.49. The summed E-state index contributed by atoms with van der Waals surface area (Å²) in [7, 11) is 0. The van der Waals surface area contributed by atoms with Gasteiger partial charge < -0.3 is 4.74 Å². The van der Waals surface area contributed by atoms with Crippen LogP contribution in [0.15, 0.2) is 88.4 Å². The normalized spacial score (nSPS) is 10.5. The zero-order valence-corrected chi connectivity index (χ0v) is 15.6. The smallest absolute Gasteiger partial charge is 0.148 e. The number of anilines is 2. The summed E-state index contributed by atoms with van der Waals surface area (Å²) in [5.74, 6) is 3.18. The number of hydrogen-bond donors (Lipinski definition) is 0. The Morgan fingerprint density at radius 1 is 0.962 bits per heavy atom. The van der Waals surface area contributed by atoms with Crippen molar-refractivity contribution in [2.45, 2.75) is 0 Å². The molecule has 128 valence electrons. The highest BCUT2D eigenvalue weighted by molar-refractivity contribution is 9.10. The van der Waals surface area contributed by atoms with Gasteiger partial charge in [0.1, 0.15) is 12.4 Å². The summed E-state index contributed by atoms with van der Waals surface area (Å²) in [5, 5.41) is 6.58. The maximum atomic E-state index is 5.62. The van der Waals surface area contributed by atoms with E-state index in [1.807, 2.05) is 83.9 Å². The van der Waals surface area contributed by atoms with E-state index in [0.717, 1.165) is 21.4 Å². The van der Waals surface area contributed by atoms with Gasteiger partial charge in [-0.25, -0.2) is 5.01 Å². The predicted molar refractivity (Wildman–Crippen MR) is 111 cm³/mol. The second-order valence-electron chi connectivity index (χ2n) is 5.40. The van der Waals surface area contributed by atoms with Gasteiger partial charge in [-0.1, -0.05) is 58.2 Å². The van der Waals surface area contributed by atoms with Crippen LogP contribution >= 0.6 is 15.9 Å². The van der Waals surface area contributed by atoms with Crippen LogP contribution in [0.1, 0.15) is 5.56 Å². The third-order valence-corrected chi connectivity index (χ3v) is 4.09. The Labute approximate surface area is 162 Å². The fourth-order valence-electron chi connectivity index (χ4n) is 2.41. The highest BCUT2D eigenvalue weighted by Crippen LogP contribution is 2.26. The molecule has 0 aliphatic rings. The van der Waals surface area contributed by atoms with Crippen LogP contribution in [0.3, 0.4) is 0 Å². The topological polar surface area (TPSA) is 24.8 Å². The van der Waals surface area contributed by atoms with Crippen molar-refractivity contribution in [1.82, 2.24) is 0 Å². The highest BCUT2D eigenvalue weighted by Gasteiger charge is 2.08. The minimum absolute atomic E-state index is 0.212. The van der Waals surface area contributed by atoms with Crippen LogP contribution in [0.25, 0.3) is 0 Å². The Morgan fingerprint density at radius 3 is 2.15 bits per heavy atom. The van der Waals surface area contributed by atoms with Crippen molar-refractivity contribution in [2.24, 2.45) is 5.10 Å². The number of benzene rings is 3. The van der Waals surface area contributed by atoms with E-state index in [4.69, 9.17) is 16.3 Å². The number of ether oxygens (including phenoxy) is 1. The molecule has 3 rings (SSSR count). The summed E-state index contributed by atoms with van der Waals surface area (Å²) in [5.41, 5.74) is 2.78. The van der Waals surface area contributed by atoms with E-state index in [9.17, 15) is 0 Å². The zero-order valence-electron chi connectivity index (χ0n) is 14.0. The average Bonchev–Trinajstić information content (AvgIpc) is 2.69. The summed E-state index contributed by atoms with van der Waals surface area (Å²) in [6, 6.07) is 25.7. The summed E-state index contributed by atoms with van der Waals surface area (Å²) < 4.78 is 6.56. The molecule has 0 aromatic heterocycles.